The third-order valence-corrected chi connectivity index (χ3v) is 6.96. The molecule has 4 unspecified atom stereocenters. The number of nitrogens with two attached hydrogens (primary N) is 1. The molecule has 0 aromatic carbocycles. The van der Waals surface area contributed by atoms with Crippen LogP contribution in [-0.4, -0.2) is 5.54 Å². The lowest BCUT2D eigenvalue weighted by Crippen LogP contribution is -2.67. The van der Waals surface area contributed by atoms with Crippen LogP contribution >= 0.6 is 0 Å². The van der Waals surface area contributed by atoms with Crippen molar-refractivity contribution in [3.8, 4) is 0 Å². The lowest BCUT2D eigenvalue weighted by Gasteiger charge is -2.67. The molecule has 0 aromatic heterocycles. The zero-order valence-corrected chi connectivity index (χ0v) is 13.3. The van der Waals surface area contributed by atoms with Crippen molar-refractivity contribution >= 4 is 0 Å². The number of rotatable bonds is 5. The van der Waals surface area contributed by atoms with Gasteiger partial charge in [0.25, 0.3) is 0 Å². The SMILES string of the molecule is CCCCC(C)C1C2(N)CC3CC(C2)CC1(CC)C3. The van der Waals surface area contributed by atoms with Crippen LogP contribution in [0.2, 0.25) is 0 Å². The summed E-state index contributed by atoms with van der Waals surface area (Å²) in [5.41, 5.74) is 7.82. The first-order valence-corrected chi connectivity index (χ1v) is 8.82. The van der Waals surface area contributed by atoms with E-state index in [2.05, 4.69) is 20.8 Å². The Bertz CT molecular complexity index is 321. The molecule has 1 heteroatoms. The maximum absolute atomic E-state index is 7.00. The highest BCUT2D eigenvalue weighted by Crippen LogP contribution is 2.66. The van der Waals surface area contributed by atoms with Gasteiger partial charge in [0.1, 0.15) is 0 Å². The van der Waals surface area contributed by atoms with Gasteiger partial charge in [-0.15, -0.1) is 0 Å². The number of hydrogen-bond acceptors (Lipinski definition) is 1. The molecule has 4 aliphatic carbocycles. The van der Waals surface area contributed by atoms with Gasteiger partial charge in [0, 0.05) is 5.54 Å². The van der Waals surface area contributed by atoms with Crippen LogP contribution in [0.3, 0.4) is 0 Å². The summed E-state index contributed by atoms with van der Waals surface area (Å²) in [7, 11) is 0. The van der Waals surface area contributed by atoms with E-state index in [9.17, 15) is 0 Å². The molecule has 0 saturated heterocycles. The van der Waals surface area contributed by atoms with Gasteiger partial charge < -0.3 is 5.73 Å². The maximum atomic E-state index is 7.00. The Labute approximate surface area is 119 Å². The first kappa shape index (κ1) is 13.9. The van der Waals surface area contributed by atoms with Gasteiger partial charge in [-0.1, -0.05) is 46.5 Å². The Kier molecular flexibility index (Phi) is 3.48. The molecular weight excluding hydrogens is 230 g/mol. The monoisotopic (exact) mass is 263 g/mol. The van der Waals surface area contributed by atoms with Crippen LogP contribution in [-0.2, 0) is 0 Å². The molecule has 0 heterocycles. The third kappa shape index (κ3) is 2.07. The van der Waals surface area contributed by atoms with Crippen LogP contribution < -0.4 is 5.73 Å². The Morgan fingerprint density at radius 3 is 2.26 bits per heavy atom. The van der Waals surface area contributed by atoms with Crippen molar-refractivity contribution in [1.29, 1.82) is 0 Å². The van der Waals surface area contributed by atoms with Gasteiger partial charge in [0.05, 0.1) is 0 Å². The van der Waals surface area contributed by atoms with Crippen molar-refractivity contribution in [3.63, 3.8) is 0 Å². The number of hydrogen-bond donors (Lipinski definition) is 1. The fourth-order valence-corrected chi connectivity index (χ4v) is 6.83. The summed E-state index contributed by atoms with van der Waals surface area (Å²) in [6, 6.07) is 0. The van der Waals surface area contributed by atoms with Crippen molar-refractivity contribution in [2.45, 2.75) is 84.1 Å². The molecule has 4 fully saturated rings. The molecule has 0 aliphatic heterocycles. The summed E-state index contributed by atoms with van der Waals surface area (Å²) in [6.45, 7) is 7.27. The van der Waals surface area contributed by atoms with E-state index in [1.165, 1.54) is 57.8 Å². The summed E-state index contributed by atoms with van der Waals surface area (Å²) >= 11 is 0. The minimum atomic E-state index is 0.202. The predicted molar refractivity (Wildman–Crippen MR) is 81.9 cm³/mol. The highest BCUT2D eigenvalue weighted by Gasteiger charge is 2.62. The van der Waals surface area contributed by atoms with Crippen LogP contribution in [0.25, 0.3) is 0 Å². The average Bonchev–Trinajstić information content (AvgIpc) is 2.33. The molecule has 1 nitrogen and oxygen atoms in total. The molecule has 19 heavy (non-hydrogen) atoms. The van der Waals surface area contributed by atoms with E-state index in [0.29, 0.717) is 5.41 Å². The van der Waals surface area contributed by atoms with E-state index < -0.39 is 0 Å². The maximum Gasteiger partial charge on any atom is 0.0196 e. The van der Waals surface area contributed by atoms with Gasteiger partial charge in [-0.05, 0) is 61.2 Å². The largest absolute Gasteiger partial charge is 0.325 e. The van der Waals surface area contributed by atoms with E-state index in [-0.39, 0.29) is 5.54 Å². The summed E-state index contributed by atoms with van der Waals surface area (Å²) in [5, 5.41) is 0. The standard InChI is InChI=1S/C18H33N/c1-4-6-7-13(3)16-17(5-2)9-14-8-15(10-17)12-18(16,19)11-14/h13-16H,4-12,19H2,1-3H3. The minimum Gasteiger partial charge on any atom is -0.325 e. The molecule has 2 N–H and O–H groups in total. The molecule has 110 valence electrons. The zero-order chi connectivity index (χ0) is 13.7. The van der Waals surface area contributed by atoms with Crippen LogP contribution in [0.1, 0.15) is 78.6 Å². The van der Waals surface area contributed by atoms with Crippen molar-refractivity contribution < 1.29 is 0 Å². The molecule has 4 rings (SSSR count). The normalized spacial score (nSPS) is 49.6. The van der Waals surface area contributed by atoms with Gasteiger partial charge in [0.2, 0.25) is 0 Å². The molecule has 0 amide bonds. The van der Waals surface area contributed by atoms with Crippen LogP contribution in [0.15, 0.2) is 0 Å². The van der Waals surface area contributed by atoms with E-state index >= 15 is 0 Å². The molecule has 4 bridgehead atoms. The van der Waals surface area contributed by atoms with E-state index in [0.717, 1.165) is 23.7 Å². The fraction of sp³-hybridized carbons (Fsp3) is 1.00. The quantitative estimate of drug-likeness (QED) is 0.761. The first-order valence-electron chi connectivity index (χ1n) is 8.82. The Morgan fingerprint density at radius 1 is 1.11 bits per heavy atom. The van der Waals surface area contributed by atoms with E-state index in [1.54, 1.807) is 0 Å². The first-order chi connectivity index (χ1) is 9.03. The van der Waals surface area contributed by atoms with Crippen LogP contribution in [0.4, 0.5) is 0 Å². The average molecular weight is 263 g/mol. The smallest absolute Gasteiger partial charge is 0.0196 e. The van der Waals surface area contributed by atoms with Gasteiger partial charge in [-0.2, -0.15) is 0 Å². The highest BCUT2D eigenvalue weighted by molar-refractivity contribution is 5.15. The van der Waals surface area contributed by atoms with E-state index in [4.69, 9.17) is 5.73 Å². The zero-order valence-electron chi connectivity index (χ0n) is 13.3. The van der Waals surface area contributed by atoms with Gasteiger partial charge in [-0.3, -0.25) is 0 Å². The molecule has 4 atom stereocenters. The summed E-state index contributed by atoms with van der Waals surface area (Å²) < 4.78 is 0. The van der Waals surface area contributed by atoms with Crippen molar-refractivity contribution in [2.24, 2.45) is 34.8 Å². The lowest BCUT2D eigenvalue weighted by atomic mass is 9.40. The second-order valence-electron chi connectivity index (χ2n) is 8.33. The second kappa shape index (κ2) is 4.76. The Balaban J connectivity index is 1.87. The van der Waals surface area contributed by atoms with Crippen molar-refractivity contribution in [3.05, 3.63) is 0 Å². The minimum absolute atomic E-state index is 0.202. The third-order valence-electron chi connectivity index (χ3n) is 6.96. The molecule has 0 radical (unpaired) electrons. The fourth-order valence-electron chi connectivity index (χ4n) is 6.83. The Morgan fingerprint density at radius 2 is 1.74 bits per heavy atom. The van der Waals surface area contributed by atoms with E-state index in [1.807, 2.05) is 0 Å². The van der Waals surface area contributed by atoms with Gasteiger partial charge in [0.15, 0.2) is 0 Å². The predicted octanol–water partition coefficient (Wildman–Crippen LogP) is 4.75. The lowest BCUT2D eigenvalue weighted by molar-refractivity contribution is -0.145. The topological polar surface area (TPSA) is 26.0 Å². The molecule has 0 spiro atoms. The molecule has 4 saturated carbocycles. The summed E-state index contributed by atoms with van der Waals surface area (Å²) in [5.74, 6) is 3.58. The van der Waals surface area contributed by atoms with Crippen molar-refractivity contribution in [2.75, 3.05) is 0 Å². The van der Waals surface area contributed by atoms with Gasteiger partial charge in [-0.25, -0.2) is 0 Å². The van der Waals surface area contributed by atoms with Gasteiger partial charge >= 0.3 is 0 Å². The summed E-state index contributed by atoms with van der Waals surface area (Å²) in [6.07, 6.45) is 12.7. The molecule has 4 aliphatic rings. The second-order valence-corrected chi connectivity index (χ2v) is 8.33. The van der Waals surface area contributed by atoms with Crippen LogP contribution in [0.5, 0.6) is 0 Å². The summed E-state index contributed by atoms with van der Waals surface area (Å²) in [4.78, 5) is 0. The van der Waals surface area contributed by atoms with Crippen molar-refractivity contribution in [1.82, 2.24) is 0 Å². The number of unbranched alkanes of at least 4 members (excludes halogenated alkanes) is 1. The highest BCUT2D eigenvalue weighted by atomic mass is 14.8. The molecular formula is C18H33N. The van der Waals surface area contributed by atoms with Crippen LogP contribution in [0, 0.1) is 29.1 Å². The molecule has 0 aromatic rings. The Hall–Kier alpha value is -0.0400.